The molecule has 0 saturated carbocycles. The first-order valence-corrected chi connectivity index (χ1v) is 6.27. The Kier molecular flexibility index (Phi) is 7.41. The number of ether oxygens (including phenoxy) is 3. The zero-order valence-electron chi connectivity index (χ0n) is 11.3. The molecule has 0 amide bonds. The lowest BCUT2D eigenvalue weighted by Crippen LogP contribution is -2.11. The summed E-state index contributed by atoms with van der Waals surface area (Å²) in [6.45, 7) is 5.03. The summed E-state index contributed by atoms with van der Waals surface area (Å²) in [4.78, 5) is 0. The highest BCUT2D eigenvalue weighted by Crippen LogP contribution is 2.20. The zero-order valence-corrected chi connectivity index (χ0v) is 11.3. The number of nitrogens with two attached hydrogens (primary N) is 1. The molecule has 2 N–H and O–H groups in total. The van der Waals surface area contributed by atoms with Gasteiger partial charge in [0.05, 0.1) is 19.8 Å². The van der Waals surface area contributed by atoms with Gasteiger partial charge in [0.1, 0.15) is 12.4 Å². The van der Waals surface area contributed by atoms with Gasteiger partial charge in [0.25, 0.3) is 0 Å². The van der Waals surface area contributed by atoms with Crippen LogP contribution in [0.2, 0.25) is 0 Å². The Morgan fingerprint density at radius 1 is 1.11 bits per heavy atom. The molecule has 0 aliphatic heterocycles. The third-order valence-electron chi connectivity index (χ3n) is 2.55. The molecule has 0 aromatic heterocycles. The van der Waals surface area contributed by atoms with Crippen molar-refractivity contribution in [3.8, 4) is 5.75 Å². The molecule has 102 valence electrons. The lowest BCUT2D eigenvalue weighted by molar-refractivity contribution is 0.0543. The Bertz CT molecular complexity index is 342. The number of hydrogen-bond donors (Lipinski definition) is 1. The first kappa shape index (κ1) is 15.0. The molecule has 1 aromatic carbocycles. The summed E-state index contributed by atoms with van der Waals surface area (Å²) in [6, 6.07) is 6.16. The van der Waals surface area contributed by atoms with Gasteiger partial charge in [0.15, 0.2) is 0 Å². The second kappa shape index (κ2) is 8.91. The van der Waals surface area contributed by atoms with Crippen molar-refractivity contribution in [1.29, 1.82) is 0 Å². The Balaban J connectivity index is 2.36. The quantitative estimate of drug-likeness (QED) is 0.678. The summed E-state index contributed by atoms with van der Waals surface area (Å²) in [5.74, 6) is 0.904. The van der Waals surface area contributed by atoms with E-state index >= 15 is 0 Å². The first-order valence-electron chi connectivity index (χ1n) is 6.27. The van der Waals surface area contributed by atoms with Crippen molar-refractivity contribution in [3.05, 3.63) is 29.3 Å². The maximum Gasteiger partial charge on any atom is 0.122 e. The van der Waals surface area contributed by atoms with E-state index in [9.17, 15) is 0 Å². The molecule has 0 aliphatic rings. The number of hydrogen-bond acceptors (Lipinski definition) is 4. The van der Waals surface area contributed by atoms with Crippen molar-refractivity contribution in [3.63, 3.8) is 0 Å². The highest BCUT2D eigenvalue weighted by atomic mass is 16.5. The standard InChI is InChI=1S/C14H23NO3/c1-12-3-4-14(13(11-12)5-6-15)18-10-9-17-8-7-16-2/h3-4,11H,5-10,15H2,1-2H3. The van der Waals surface area contributed by atoms with E-state index in [0.29, 0.717) is 33.0 Å². The van der Waals surface area contributed by atoms with Gasteiger partial charge in [-0.1, -0.05) is 17.7 Å². The van der Waals surface area contributed by atoms with E-state index in [0.717, 1.165) is 17.7 Å². The van der Waals surface area contributed by atoms with Crippen molar-refractivity contribution < 1.29 is 14.2 Å². The summed E-state index contributed by atoms with van der Waals surface area (Å²) in [6.07, 6.45) is 0.835. The number of benzene rings is 1. The molecule has 0 unspecified atom stereocenters. The van der Waals surface area contributed by atoms with E-state index in [4.69, 9.17) is 19.9 Å². The van der Waals surface area contributed by atoms with E-state index < -0.39 is 0 Å². The molecule has 1 rings (SSSR count). The molecule has 0 bridgehead atoms. The molecule has 0 heterocycles. The van der Waals surface area contributed by atoms with Gasteiger partial charge in [-0.05, 0) is 31.5 Å². The molecule has 0 atom stereocenters. The Morgan fingerprint density at radius 2 is 1.89 bits per heavy atom. The molecule has 0 fully saturated rings. The smallest absolute Gasteiger partial charge is 0.122 e. The predicted molar refractivity (Wildman–Crippen MR) is 72.1 cm³/mol. The average molecular weight is 253 g/mol. The van der Waals surface area contributed by atoms with Gasteiger partial charge in [-0.3, -0.25) is 0 Å². The minimum atomic E-state index is 0.546. The zero-order chi connectivity index (χ0) is 13.2. The highest BCUT2D eigenvalue weighted by Gasteiger charge is 2.03. The third-order valence-corrected chi connectivity index (χ3v) is 2.55. The van der Waals surface area contributed by atoms with Crippen LogP contribution in [0.15, 0.2) is 18.2 Å². The first-order chi connectivity index (χ1) is 8.77. The van der Waals surface area contributed by atoms with Crippen molar-refractivity contribution in [2.75, 3.05) is 40.1 Å². The monoisotopic (exact) mass is 253 g/mol. The Labute approximate surface area is 109 Å². The number of methoxy groups -OCH3 is 1. The normalized spacial score (nSPS) is 10.6. The van der Waals surface area contributed by atoms with Gasteiger partial charge in [-0.25, -0.2) is 0 Å². The largest absolute Gasteiger partial charge is 0.491 e. The summed E-state index contributed by atoms with van der Waals surface area (Å²) in [5.41, 5.74) is 7.98. The maximum atomic E-state index is 5.70. The van der Waals surface area contributed by atoms with Crippen LogP contribution in [0, 0.1) is 6.92 Å². The van der Waals surface area contributed by atoms with Gasteiger partial charge >= 0.3 is 0 Å². The van der Waals surface area contributed by atoms with Crippen LogP contribution in [0.4, 0.5) is 0 Å². The van der Waals surface area contributed by atoms with E-state index in [1.165, 1.54) is 5.56 Å². The molecule has 0 aliphatic carbocycles. The summed E-state index contributed by atoms with van der Waals surface area (Å²) < 4.78 is 15.9. The van der Waals surface area contributed by atoms with Crippen molar-refractivity contribution >= 4 is 0 Å². The van der Waals surface area contributed by atoms with Gasteiger partial charge in [0, 0.05) is 7.11 Å². The lowest BCUT2D eigenvalue weighted by Gasteiger charge is -2.12. The molecular formula is C14H23NO3. The van der Waals surface area contributed by atoms with Gasteiger partial charge in [0.2, 0.25) is 0 Å². The number of rotatable bonds is 9. The van der Waals surface area contributed by atoms with Crippen LogP contribution in [0.5, 0.6) is 5.75 Å². The van der Waals surface area contributed by atoms with Crippen molar-refractivity contribution in [1.82, 2.24) is 0 Å². The molecule has 4 nitrogen and oxygen atoms in total. The molecule has 18 heavy (non-hydrogen) atoms. The fraction of sp³-hybridized carbons (Fsp3) is 0.571. The minimum Gasteiger partial charge on any atom is -0.491 e. The molecular weight excluding hydrogens is 230 g/mol. The molecule has 0 saturated heterocycles. The highest BCUT2D eigenvalue weighted by molar-refractivity contribution is 5.37. The fourth-order valence-electron chi connectivity index (χ4n) is 1.65. The van der Waals surface area contributed by atoms with Crippen LogP contribution in [0.25, 0.3) is 0 Å². The minimum absolute atomic E-state index is 0.546. The van der Waals surface area contributed by atoms with Crippen LogP contribution in [0.3, 0.4) is 0 Å². The second-order valence-corrected chi connectivity index (χ2v) is 4.10. The maximum absolute atomic E-state index is 5.70. The lowest BCUT2D eigenvalue weighted by atomic mass is 10.1. The topological polar surface area (TPSA) is 53.7 Å². The van der Waals surface area contributed by atoms with E-state index in [2.05, 4.69) is 13.0 Å². The van der Waals surface area contributed by atoms with Crippen LogP contribution in [-0.2, 0) is 15.9 Å². The molecule has 1 aromatic rings. The van der Waals surface area contributed by atoms with Gasteiger partial charge in [-0.15, -0.1) is 0 Å². The van der Waals surface area contributed by atoms with Crippen molar-refractivity contribution in [2.24, 2.45) is 5.73 Å². The summed E-state index contributed by atoms with van der Waals surface area (Å²) >= 11 is 0. The number of aryl methyl sites for hydroxylation is 1. The van der Waals surface area contributed by atoms with Crippen LogP contribution >= 0.6 is 0 Å². The predicted octanol–water partition coefficient (Wildman–Crippen LogP) is 1.54. The Hall–Kier alpha value is -1.10. The molecule has 0 spiro atoms. The summed E-state index contributed by atoms with van der Waals surface area (Å²) in [5, 5.41) is 0. The van der Waals surface area contributed by atoms with E-state index in [1.54, 1.807) is 7.11 Å². The van der Waals surface area contributed by atoms with Gasteiger partial charge in [-0.2, -0.15) is 0 Å². The molecule has 0 radical (unpaired) electrons. The fourth-order valence-corrected chi connectivity index (χ4v) is 1.65. The van der Waals surface area contributed by atoms with E-state index in [1.807, 2.05) is 12.1 Å². The van der Waals surface area contributed by atoms with Crippen LogP contribution < -0.4 is 10.5 Å². The summed E-state index contributed by atoms with van der Waals surface area (Å²) in [7, 11) is 1.66. The van der Waals surface area contributed by atoms with Crippen molar-refractivity contribution in [2.45, 2.75) is 13.3 Å². The SMILES string of the molecule is COCCOCCOc1ccc(C)cc1CCN. The third kappa shape index (κ3) is 5.49. The average Bonchev–Trinajstić information content (AvgIpc) is 2.36. The second-order valence-electron chi connectivity index (χ2n) is 4.10. The van der Waals surface area contributed by atoms with Gasteiger partial charge < -0.3 is 19.9 Å². The Morgan fingerprint density at radius 3 is 2.61 bits per heavy atom. The molecule has 4 heteroatoms. The van der Waals surface area contributed by atoms with Crippen LogP contribution in [0.1, 0.15) is 11.1 Å². The van der Waals surface area contributed by atoms with Crippen LogP contribution in [-0.4, -0.2) is 40.1 Å². The van der Waals surface area contributed by atoms with E-state index in [-0.39, 0.29) is 0 Å².